The van der Waals surface area contributed by atoms with E-state index < -0.39 is 48.1 Å². The van der Waals surface area contributed by atoms with Crippen LogP contribution in [0.4, 0.5) is 26.3 Å². The standard InChI is InChI=1S/C15H11F6N3O2S3/c1-3-29(25,26)13-8(5-10(27-13)14(16,17)18)11-23-9-4-7(28-15(19,20)21)6-22-12(9)24(11)2/h4-6H,3H2,1-2H3. The summed E-state index contributed by atoms with van der Waals surface area (Å²) in [4.78, 5) is 6.59. The minimum absolute atomic E-state index is 0.00337. The number of hydrogen-bond acceptors (Lipinski definition) is 6. The van der Waals surface area contributed by atoms with E-state index >= 15 is 0 Å². The molecular weight excluding hydrogens is 464 g/mol. The second-order valence-electron chi connectivity index (χ2n) is 5.77. The maximum absolute atomic E-state index is 13.2. The van der Waals surface area contributed by atoms with Crippen molar-refractivity contribution in [3.8, 4) is 11.4 Å². The molecule has 3 aromatic rings. The molecule has 0 unspecified atom stereocenters. The minimum Gasteiger partial charge on any atom is -0.312 e. The zero-order chi connectivity index (χ0) is 21.8. The number of hydrogen-bond donors (Lipinski definition) is 0. The van der Waals surface area contributed by atoms with Gasteiger partial charge >= 0.3 is 11.7 Å². The number of thioether (sulfide) groups is 1. The third kappa shape index (κ3) is 4.38. The van der Waals surface area contributed by atoms with E-state index in [-0.39, 0.29) is 38.8 Å². The second kappa shape index (κ2) is 7.16. The molecule has 0 aliphatic carbocycles. The van der Waals surface area contributed by atoms with Crippen molar-refractivity contribution in [2.75, 3.05) is 5.75 Å². The van der Waals surface area contributed by atoms with Gasteiger partial charge in [-0.1, -0.05) is 6.92 Å². The molecule has 0 spiro atoms. The Kier molecular flexibility index (Phi) is 5.41. The molecule has 5 nitrogen and oxygen atoms in total. The number of alkyl halides is 6. The number of thiophene rings is 1. The highest BCUT2D eigenvalue weighted by molar-refractivity contribution is 8.00. The molecule has 0 fully saturated rings. The summed E-state index contributed by atoms with van der Waals surface area (Å²) in [6.07, 6.45) is -3.80. The maximum atomic E-state index is 13.2. The van der Waals surface area contributed by atoms with Crippen molar-refractivity contribution in [1.29, 1.82) is 0 Å². The topological polar surface area (TPSA) is 64.8 Å². The first-order valence-electron chi connectivity index (χ1n) is 7.75. The molecule has 0 aliphatic rings. The number of fused-ring (bicyclic) bond motifs is 1. The fourth-order valence-electron chi connectivity index (χ4n) is 2.52. The van der Waals surface area contributed by atoms with Crippen molar-refractivity contribution < 1.29 is 34.8 Å². The van der Waals surface area contributed by atoms with Gasteiger partial charge in [-0.2, -0.15) is 26.3 Å². The molecule has 0 N–H and O–H groups in total. The fraction of sp³-hybridized carbons (Fsp3) is 0.333. The smallest absolute Gasteiger partial charge is 0.312 e. The zero-order valence-corrected chi connectivity index (χ0v) is 17.0. The Morgan fingerprint density at radius 2 is 1.83 bits per heavy atom. The predicted molar refractivity (Wildman–Crippen MR) is 96.5 cm³/mol. The third-order valence-electron chi connectivity index (χ3n) is 3.80. The average molecular weight is 475 g/mol. The van der Waals surface area contributed by atoms with Crippen LogP contribution in [0.1, 0.15) is 11.8 Å². The molecule has 0 aliphatic heterocycles. The summed E-state index contributed by atoms with van der Waals surface area (Å²) < 4.78 is 103. The monoisotopic (exact) mass is 475 g/mol. The Bertz CT molecular complexity index is 1180. The largest absolute Gasteiger partial charge is 0.446 e. The first kappa shape index (κ1) is 21.9. The van der Waals surface area contributed by atoms with Gasteiger partial charge in [-0.15, -0.1) is 11.3 Å². The lowest BCUT2D eigenvalue weighted by atomic mass is 10.3. The van der Waals surface area contributed by atoms with E-state index in [1.54, 1.807) is 0 Å². The van der Waals surface area contributed by atoms with Crippen LogP contribution in [-0.4, -0.2) is 34.2 Å². The Morgan fingerprint density at radius 3 is 2.38 bits per heavy atom. The van der Waals surface area contributed by atoms with Crippen molar-refractivity contribution in [2.24, 2.45) is 7.05 Å². The maximum Gasteiger partial charge on any atom is 0.446 e. The molecule has 0 saturated carbocycles. The van der Waals surface area contributed by atoms with Crippen LogP contribution < -0.4 is 0 Å². The minimum atomic E-state index is -4.76. The first-order valence-corrected chi connectivity index (χ1v) is 11.0. The lowest BCUT2D eigenvalue weighted by Gasteiger charge is -2.05. The van der Waals surface area contributed by atoms with Crippen LogP contribution in [0.3, 0.4) is 0 Å². The molecule has 0 bridgehead atoms. The molecule has 0 radical (unpaired) electrons. The third-order valence-corrected chi connectivity index (χ3v) is 8.02. The molecule has 0 amide bonds. The lowest BCUT2D eigenvalue weighted by Crippen LogP contribution is -2.04. The number of imidazole rings is 1. The molecule has 0 aromatic carbocycles. The summed E-state index contributed by atoms with van der Waals surface area (Å²) in [5.41, 5.74) is -4.72. The van der Waals surface area contributed by atoms with Gasteiger partial charge in [0.25, 0.3) is 0 Å². The number of pyridine rings is 1. The van der Waals surface area contributed by atoms with E-state index in [1.807, 2.05) is 0 Å². The molecule has 14 heteroatoms. The van der Waals surface area contributed by atoms with E-state index in [9.17, 15) is 34.8 Å². The van der Waals surface area contributed by atoms with Gasteiger partial charge in [0, 0.05) is 23.7 Å². The second-order valence-corrected chi connectivity index (χ2v) is 10.4. The van der Waals surface area contributed by atoms with E-state index in [4.69, 9.17) is 0 Å². The van der Waals surface area contributed by atoms with Crippen LogP contribution in [-0.2, 0) is 23.1 Å². The number of aryl methyl sites for hydroxylation is 1. The van der Waals surface area contributed by atoms with Crippen LogP contribution in [0.5, 0.6) is 0 Å². The van der Waals surface area contributed by atoms with Crippen molar-refractivity contribution in [2.45, 2.75) is 27.7 Å². The lowest BCUT2D eigenvalue weighted by molar-refractivity contribution is -0.134. The van der Waals surface area contributed by atoms with Gasteiger partial charge in [-0.3, -0.25) is 0 Å². The van der Waals surface area contributed by atoms with Crippen LogP contribution in [0, 0.1) is 0 Å². The predicted octanol–water partition coefficient (Wildman–Crippen LogP) is 5.12. The van der Waals surface area contributed by atoms with Gasteiger partial charge in [0.15, 0.2) is 15.5 Å². The van der Waals surface area contributed by atoms with Crippen LogP contribution in [0.15, 0.2) is 27.4 Å². The average Bonchev–Trinajstić information content (AvgIpc) is 3.15. The van der Waals surface area contributed by atoms with E-state index in [1.165, 1.54) is 18.5 Å². The Hall–Kier alpha value is -1.80. The molecule has 158 valence electrons. The zero-order valence-electron chi connectivity index (χ0n) is 14.6. The summed E-state index contributed by atoms with van der Waals surface area (Å²) >= 11 is -0.326. The van der Waals surface area contributed by atoms with Crippen LogP contribution in [0.2, 0.25) is 0 Å². The van der Waals surface area contributed by atoms with Gasteiger partial charge in [-0.25, -0.2) is 18.4 Å². The molecule has 3 aromatic heterocycles. The molecule has 29 heavy (non-hydrogen) atoms. The Morgan fingerprint density at radius 1 is 1.17 bits per heavy atom. The quantitative estimate of drug-likeness (QED) is 0.387. The van der Waals surface area contributed by atoms with E-state index in [0.29, 0.717) is 6.07 Å². The molecular formula is C15H11F6N3O2S3. The van der Waals surface area contributed by atoms with Gasteiger partial charge in [0.05, 0.1) is 5.75 Å². The Balaban J connectivity index is 2.22. The molecule has 0 atom stereocenters. The van der Waals surface area contributed by atoms with Gasteiger partial charge in [0.1, 0.15) is 20.4 Å². The van der Waals surface area contributed by atoms with Crippen LogP contribution in [0.25, 0.3) is 22.6 Å². The van der Waals surface area contributed by atoms with Crippen molar-refractivity contribution in [1.82, 2.24) is 14.5 Å². The van der Waals surface area contributed by atoms with Gasteiger partial charge < -0.3 is 4.57 Å². The normalized spacial score (nSPS) is 13.4. The number of sulfone groups is 1. The van der Waals surface area contributed by atoms with Gasteiger partial charge in [-0.05, 0) is 23.9 Å². The van der Waals surface area contributed by atoms with Crippen molar-refractivity contribution in [3.63, 3.8) is 0 Å². The van der Waals surface area contributed by atoms with Crippen molar-refractivity contribution >= 4 is 44.1 Å². The summed E-state index contributed by atoms with van der Waals surface area (Å²) in [6.45, 7) is 1.29. The summed E-state index contributed by atoms with van der Waals surface area (Å²) in [5.74, 6) is -0.563. The van der Waals surface area contributed by atoms with E-state index in [0.717, 1.165) is 12.3 Å². The van der Waals surface area contributed by atoms with Crippen LogP contribution >= 0.6 is 23.1 Å². The SMILES string of the molecule is CCS(=O)(=O)c1sc(C(F)(F)F)cc1-c1nc2cc(SC(F)(F)F)cnc2n1C. The molecule has 3 rings (SSSR count). The number of nitrogens with zero attached hydrogens (tertiary/aromatic N) is 3. The number of halogens is 6. The Labute approximate surface area is 168 Å². The van der Waals surface area contributed by atoms with Crippen molar-refractivity contribution in [3.05, 3.63) is 23.2 Å². The van der Waals surface area contributed by atoms with Gasteiger partial charge in [0.2, 0.25) is 0 Å². The number of rotatable bonds is 4. The fourth-order valence-corrected chi connectivity index (χ4v) is 5.69. The summed E-state index contributed by atoms with van der Waals surface area (Å²) in [5, 5.41) is 0. The molecule has 0 saturated heterocycles. The summed E-state index contributed by atoms with van der Waals surface area (Å²) in [6, 6.07) is 1.77. The number of aromatic nitrogens is 3. The summed E-state index contributed by atoms with van der Waals surface area (Å²) in [7, 11) is -2.62. The highest BCUT2D eigenvalue weighted by Gasteiger charge is 2.37. The van der Waals surface area contributed by atoms with E-state index in [2.05, 4.69) is 9.97 Å². The highest BCUT2D eigenvalue weighted by atomic mass is 32.2. The highest BCUT2D eigenvalue weighted by Crippen LogP contribution is 2.43. The first-order chi connectivity index (χ1) is 13.2. The molecule has 3 heterocycles.